The molecule has 0 unspecified atom stereocenters. The van der Waals surface area contributed by atoms with E-state index in [0.29, 0.717) is 10.8 Å². The van der Waals surface area contributed by atoms with Crippen LogP contribution in [0.5, 0.6) is 0 Å². The second kappa shape index (κ2) is 13.3. The van der Waals surface area contributed by atoms with Gasteiger partial charge in [0.25, 0.3) is 0 Å². The quantitative estimate of drug-likeness (QED) is 0.421. The Morgan fingerprint density at radius 2 is 0.630 bits per heavy atom. The summed E-state index contributed by atoms with van der Waals surface area (Å²) in [5.74, 6) is 0. The van der Waals surface area contributed by atoms with Crippen LogP contribution in [0.4, 0.5) is 0 Å². The molecular weight excluding hydrogens is 324 g/mol. The summed E-state index contributed by atoms with van der Waals surface area (Å²) in [6, 6.07) is 10.8. The van der Waals surface area contributed by atoms with Gasteiger partial charge in [-0.25, -0.2) is 0 Å². The highest BCUT2D eigenvalue weighted by Gasteiger charge is 2.16. The van der Waals surface area contributed by atoms with E-state index in [1.54, 1.807) is 0 Å². The molecule has 1 rings (SSSR count). The highest BCUT2D eigenvalue weighted by atomic mass is 14.2. The van der Waals surface area contributed by atoms with E-state index >= 15 is 0 Å². The Morgan fingerprint density at radius 1 is 0.481 bits per heavy atom. The van der Waals surface area contributed by atoms with Gasteiger partial charge in [-0.1, -0.05) is 130 Å². The zero-order valence-electron chi connectivity index (χ0n) is 21.2. The van der Waals surface area contributed by atoms with Gasteiger partial charge in [0.1, 0.15) is 0 Å². The smallest absolute Gasteiger partial charge is 0.00778 e. The summed E-state index contributed by atoms with van der Waals surface area (Å²) < 4.78 is 0. The lowest BCUT2D eigenvalue weighted by atomic mass is 9.84. The Bertz CT molecular complexity index is 376. The summed E-state index contributed by atoms with van der Waals surface area (Å²) in [6.07, 6.45) is 0. The molecular formula is C27H54. The molecule has 0 aliphatic rings. The van der Waals surface area contributed by atoms with Crippen molar-refractivity contribution >= 4 is 0 Å². The number of hydrogen-bond acceptors (Lipinski definition) is 0. The molecule has 0 aliphatic carbocycles. The van der Waals surface area contributed by atoms with Crippen molar-refractivity contribution in [1.29, 1.82) is 0 Å². The zero-order chi connectivity index (χ0) is 22.0. The minimum Gasteiger partial charge on any atom is -0.0776 e. The van der Waals surface area contributed by atoms with Crippen molar-refractivity contribution in [3.63, 3.8) is 0 Å². The molecule has 1 aromatic carbocycles. The first-order chi connectivity index (χ1) is 11.2. The van der Waals surface area contributed by atoms with Gasteiger partial charge in [0, 0.05) is 11.1 Å². The fourth-order valence-electron chi connectivity index (χ4n) is 1.26. The third-order valence-corrected chi connectivity index (χ3v) is 2.36. The molecule has 0 saturated heterocycles. The molecule has 0 amide bonds. The first-order valence-electron chi connectivity index (χ1n) is 10.2. The molecule has 0 radical (unpaired) electrons. The summed E-state index contributed by atoms with van der Waals surface area (Å²) in [7, 11) is 0. The first kappa shape index (κ1) is 33.6. The minimum atomic E-state index is 0. The molecule has 0 atom stereocenters. The molecule has 0 nitrogen and oxygen atoms in total. The molecule has 27 heavy (non-hydrogen) atoms. The van der Waals surface area contributed by atoms with Crippen LogP contribution in [0.1, 0.15) is 129 Å². The van der Waals surface area contributed by atoms with Gasteiger partial charge in [-0.15, -0.1) is 0 Å². The van der Waals surface area contributed by atoms with E-state index in [0.717, 1.165) is 0 Å². The molecule has 0 spiro atoms. The SMILES string of the molecule is C.CC.CC(C)(C)C.CC(C)(C)C.CC(C)(C)c1c#cc(C(C)(C)C)cc1. The van der Waals surface area contributed by atoms with Crippen LogP contribution in [-0.2, 0) is 10.8 Å². The maximum Gasteiger partial charge on any atom is 0.00778 e. The Labute approximate surface area is 175 Å². The van der Waals surface area contributed by atoms with Crippen molar-refractivity contribution in [3.8, 4) is 0 Å². The lowest BCUT2D eigenvalue weighted by Gasteiger charge is -2.19. The molecule has 0 fully saturated rings. The second-order valence-corrected chi connectivity index (χ2v) is 11.9. The summed E-state index contributed by atoms with van der Waals surface area (Å²) in [5, 5.41) is 0. The fourth-order valence-corrected chi connectivity index (χ4v) is 1.26. The van der Waals surface area contributed by atoms with Crippen LogP contribution in [0, 0.1) is 23.0 Å². The molecule has 0 heteroatoms. The Balaban J connectivity index is -0.000000170. The van der Waals surface area contributed by atoms with Gasteiger partial charge in [-0.05, 0) is 33.8 Å². The highest BCUT2D eigenvalue weighted by Crippen LogP contribution is 2.24. The summed E-state index contributed by atoms with van der Waals surface area (Å²) in [4.78, 5) is 0. The maximum atomic E-state index is 3.26. The standard InChI is InChI=1S/C14H20.2C5H12.C2H6.CH4/c1-13(2,3)11-7-9-12(10-8-11)14(4,5)6;2*1-5(2,3)4;1-2;/h7,9H,1-6H3;2*1-4H3;1-2H3;1H4. The normalized spacial score (nSPS) is 11.1. The lowest BCUT2D eigenvalue weighted by Crippen LogP contribution is -2.13. The van der Waals surface area contributed by atoms with Crippen LogP contribution < -0.4 is 0 Å². The summed E-state index contributed by atoms with van der Waals surface area (Å²) in [5.41, 5.74) is 3.80. The van der Waals surface area contributed by atoms with Crippen LogP contribution in [0.2, 0.25) is 0 Å². The van der Waals surface area contributed by atoms with Gasteiger partial charge in [0.05, 0.1) is 0 Å². The molecule has 0 saturated carbocycles. The van der Waals surface area contributed by atoms with Crippen molar-refractivity contribution < 1.29 is 0 Å². The molecule has 1 aromatic rings. The third-order valence-electron chi connectivity index (χ3n) is 2.36. The van der Waals surface area contributed by atoms with E-state index in [9.17, 15) is 0 Å². The molecule has 0 bridgehead atoms. The van der Waals surface area contributed by atoms with Crippen LogP contribution in [-0.4, -0.2) is 0 Å². The molecule has 0 N–H and O–H groups in total. The monoisotopic (exact) mass is 378 g/mol. The van der Waals surface area contributed by atoms with Crippen molar-refractivity contribution in [2.24, 2.45) is 10.8 Å². The number of hydrogen-bond donors (Lipinski definition) is 0. The van der Waals surface area contributed by atoms with Crippen molar-refractivity contribution in [3.05, 3.63) is 35.4 Å². The van der Waals surface area contributed by atoms with Crippen molar-refractivity contribution in [2.75, 3.05) is 0 Å². The van der Waals surface area contributed by atoms with Gasteiger partial charge >= 0.3 is 0 Å². The Hall–Kier alpha value is -0.960. The van der Waals surface area contributed by atoms with E-state index < -0.39 is 0 Å². The predicted molar refractivity (Wildman–Crippen MR) is 130 cm³/mol. The van der Waals surface area contributed by atoms with Gasteiger partial charge in [-0.2, -0.15) is 0 Å². The van der Waals surface area contributed by atoms with Gasteiger partial charge in [0.15, 0.2) is 0 Å². The average molecular weight is 379 g/mol. The minimum absolute atomic E-state index is 0. The summed E-state index contributed by atoms with van der Waals surface area (Å²) in [6.45, 7) is 34.7. The lowest BCUT2D eigenvalue weighted by molar-refractivity contribution is 0.469. The molecule has 162 valence electrons. The van der Waals surface area contributed by atoms with Crippen LogP contribution >= 0.6 is 0 Å². The van der Waals surface area contributed by atoms with Gasteiger partial charge in [-0.3, -0.25) is 0 Å². The fraction of sp³-hybridized carbons (Fsp3) is 0.778. The Kier molecular flexibility index (Phi) is 16.5. The average Bonchev–Trinajstić information content (AvgIpc) is 2.35. The van der Waals surface area contributed by atoms with Crippen molar-refractivity contribution in [2.45, 2.75) is 129 Å². The topological polar surface area (TPSA) is 0 Å². The van der Waals surface area contributed by atoms with E-state index in [1.165, 1.54) is 11.1 Å². The maximum absolute atomic E-state index is 3.26. The molecule has 0 aromatic heterocycles. The van der Waals surface area contributed by atoms with E-state index in [1.807, 2.05) is 13.8 Å². The third kappa shape index (κ3) is 30.0. The zero-order valence-corrected chi connectivity index (χ0v) is 21.2. The first-order valence-corrected chi connectivity index (χ1v) is 10.2. The largest absolute Gasteiger partial charge is 0.0776 e. The summed E-state index contributed by atoms with van der Waals surface area (Å²) >= 11 is 0. The van der Waals surface area contributed by atoms with Crippen LogP contribution in [0.3, 0.4) is 0 Å². The van der Waals surface area contributed by atoms with Crippen molar-refractivity contribution in [1.82, 2.24) is 0 Å². The van der Waals surface area contributed by atoms with E-state index in [-0.39, 0.29) is 18.3 Å². The Morgan fingerprint density at radius 3 is 0.704 bits per heavy atom. The van der Waals surface area contributed by atoms with E-state index in [4.69, 9.17) is 0 Å². The van der Waals surface area contributed by atoms with Gasteiger partial charge < -0.3 is 0 Å². The van der Waals surface area contributed by atoms with E-state index in [2.05, 4.69) is 121 Å². The molecule has 0 heterocycles. The molecule has 0 aliphatic heterocycles. The van der Waals surface area contributed by atoms with Crippen LogP contribution in [0.25, 0.3) is 0 Å². The number of rotatable bonds is 0. The second-order valence-electron chi connectivity index (χ2n) is 11.9. The predicted octanol–water partition coefficient (Wildman–Crippen LogP) is 9.65. The van der Waals surface area contributed by atoms with Crippen LogP contribution in [0.15, 0.2) is 12.1 Å². The highest BCUT2D eigenvalue weighted by molar-refractivity contribution is 5.25. The van der Waals surface area contributed by atoms with Gasteiger partial charge in [0.2, 0.25) is 0 Å².